The van der Waals surface area contributed by atoms with Crippen molar-refractivity contribution < 1.29 is 4.74 Å². The summed E-state index contributed by atoms with van der Waals surface area (Å²) in [6, 6.07) is 8.42. The van der Waals surface area contributed by atoms with Crippen LogP contribution >= 0.6 is 12.2 Å². The fourth-order valence-corrected chi connectivity index (χ4v) is 3.19. The average Bonchev–Trinajstić information content (AvgIpc) is 2.50. The Balaban J connectivity index is 1.85. The summed E-state index contributed by atoms with van der Waals surface area (Å²) in [5, 5.41) is 7.41. The monoisotopic (exact) mass is 306 g/mol. The Morgan fingerprint density at radius 3 is 2.57 bits per heavy atom. The SMILES string of the molecule is CCOc1ccccc1NC(=S)NC1CCC(CC)CC1. The number of ether oxygens (including phenoxy) is 1. The van der Waals surface area contributed by atoms with Crippen LogP contribution in [0.3, 0.4) is 0 Å². The van der Waals surface area contributed by atoms with Crippen LogP contribution < -0.4 is 15.4 Å². The van der Waals surface area contributed by atoms with Gasteiger partial charge in [0, 0.05) is 6.04 Å². The number of thiocarbonyl (C=S) groups is 1. The van der Waals surface area contributed by atoms with Crippen molar-refractivity contribution in [3.8, 4) is 5.75 Å². The van der Waals surface area contributed by atoms with Gasteiger partial charge < -0.3 is 15.4 Å². The van der Waals surface area contributed by atoms with E-state index in [9.17, 15) is 0 Å². The first-order valence-corrected chi connectivity index (χ1v) is 8.43. The first-order chi connectivity index (χ1) is 10.2. The zero-order chi connectivity index (χ0) is 15.1. The highest BCUT2D eigenvalue weighted by Gasteiger charge is 2.20. The van der Waals surface area contributed by atoms with Crippen molar-refractivity contribution in [1.82, 2.24) is 5.32 Å². The van der Waals surface area contributed by atoms with Crippen LogP contribution in [0.2, 0.25) is 0 Å². The summed E-state index contributed by atoms with van der Waals surface area (Å²) < 4.78 is 5.61. The second-order valence-corrected chi connectivity index (χ2v) is 6.06. The van der Waals surface area contributed by atoms with Crippen molar-refractivity contribution in [2.75, 3.05) is 11.9 Å². The predicted octanol–water partition coefficient (Wildman–Crippen LogP) is 4.34. The Morgan fingerprint density at radius 1 is 1.19 bits per heavy atom. The van der Waals surface area contributed by atoms with Crippen molar-refractivity contribution in [1.29, 1.82) is 0 Å². The fraction of sp³-hybridized carbons (Fsp3) is 0.588. The molecule has 21 heavy (non-hydrogen) atoms. The van der Waals surface area contributed by atoms with Crippen molar-refractivity contribution in [3.63, 3.8) is 0 Å². The van der Waals surface area contributed by atoms with Crippen LogP contribution in [0.25, 0.3) is 0 Å². The molecular weight excluding hydrogens is 280 g/mol. The van der Waals surface area contributed by atoms with Crippen molar-refractivity contribution >= 4 is 23.0 Å². The highest BCUT2D eigenvalue weighted by Crippen LogP contribution is 2.27. The maximum Gasteiger partial charge on any atom is 0.171 e. The number of para-hydroxylation sites is 2. The third-order valence-corrected chi connectivity index (χ3v) is 4.41. The molecule has 3 nitrogen and oxygen atoms in total. The van der Waals surface area contributed by atoms with E-state index in [1.165, 1.54) is 32.1 Å². The van der Waals surface area contributed by atoms with Gasteiger partial charge in [-0.1, -0.05) is 25.5 Å². The van der Waals surface area contributed by atoms with Crippen molar-refractivity contribution in [2.45, 2.75) is 52.0 Å². The molecule has 116 valence electrons. The van der Waals surface area contributed by atoms with Crippen molar-refractivity contribution in [3.05, 3.63) is 24.3 Å². The first kappa shape index (κ1) is 16.1. The third kappa shape index (κ3) is 4.88. The van der Waals surface area contributed by atoms with Gasteiger partial charge in [0.1, 0.15) is 5.75 Å². The lowest BCUT2D eigenvalue weighted by molar-refractivity contribution is 0.306. The maximum absolute atomic E-state index is 5.61. The van der Waals surface area contributed by atoms with E-state index in [-0.39, 0.29) is 0 Å². The summed E-state index contributed by atoms with van der Waals surface area (Å²) in [5.74, 6) is 1.75. The molecule has 0 bridgehead atoms. The number of nitrogens with one attached hydrogen (secondary N) is 2. The first-order valence-electron chi connectivity index (χ1n) is 8.02. The fourth-order valence-electron chi connectivity index (χ4n) is 2.91. The van der Waals surface area contributed by atoms with E-state index in [2.05, 4.69) is 17.6 Å². The predicted molar refractivity (Wildman–Crippen MR) is 93.0 cm³/mol. The minimum Gasteiger partial charge on any atom is -0.492 e. The normalized spacial score (nSPS) is 21.6. The van der Waals surface area contributed by atoms with Gasteiger partial charge in [-0.15, -0.1) is 0 Å². The van der Waals surface area contributed by atoms with Crippen LogP contribution in [0, 0.1) is 5.92 Å². The van der Waals surface area contributed by atoms with Crippen LogP contribution in [0.4, 0.5) is 5.69 Å². The van der Waals surface area contributed by atoms with Crippen LogP contribution in [0.5, 0.6) is 5.75 Å². The Hall–Kier alpha value is -1.29. The van der Waals surface area contributed by atoms with Crippen LogP contribution in [0.1, 0.15) is 46.0 Å². The van der Waals surface area contributed by atoms with E-state index in [1.54, 1.807) is 0 Å². The Kier molecular flexibility index (Phi) is 6.30. The number of rotatable bonds is 5. The molecule has 1 aromatic carbocycles. The summed E-state index contributed by atoms with van der Waals surface area (Å²) in [6.45, 7) is 4.93. The summed E-state index contributed by atoms with van der Waals surface area (Å²) in [4.78, 5) is 0. The largest absolute Gasteiger partial charge is 0.492 e. The topological polar surface area (TPSA) is 33.3 Å². The summed E-state index contributed by atoms with van der Waals surface area (Å²) in [5.41, 5.74) is 0.930. The second kappa shape index (κ2) is 8.23. The van der Waals surface area contributed by atoms with Crippen LogP contribution in [-0.2, 0) is 0 Å². The molecule has 0 aromatic heterocycles. The Morgan fingerprint density at radius 2 is 1.90 bits per heavy atom. The number of hydrogen-bond acceptors (Lipinski definition) is 2. The van der Waals surface area contributed by atoms with E-state index in [1.807, 2.05) is 31.2 Å². The standard InChI is InChI=1S/C17H26N2OS/c1-3-13-9-11-14(12-10-13)18-17(21)19-15-7-5-6-8-16(15)20-4-2/h5-8,13-14H,3-4,9-12H2,1-2H3,(H2,18,19,21). The maximum atomic E-state index is 5.61. The smallest absolute Gasteiger partial charge is 0.171 e. The van der Waals surface area contributed by atoms with Gasteiger partial charge in [-0.25, -0.2) is 0 Å². The lowest BCUT2D eigenvalue weighted by atomic mass is 9.85. The number of anilines is 1. The van der Waals surface area contributed by atoms with E-state index >= 15 is 0 Å². The minimum absolute atomic E-state index is 0.507. The average molecular weight is 306 g/mol. The molecule has 4 heteroatoms. The molecule has 0 amide bonds. The molecule has 0 unspecified atom stereocenters. The van der Waals surface area contributed by atoms with Gasteiger partial charge in [0.15, 0.2) is 5.11 Å². The molecule has 0 radical (unpaired) electrons. The summed E-state index contributed by atoms with van der Waals surface area (Å²) in [7, 11) is 0. The molecule has 0 heterocycles. The van der Waals surface area contributed by atoms with Gasteiger partial charge in [-0.3, -0.25) is 0 Å². The second-order valence-electron chi connectivity index (χ2n) is 5.65. The molecule has 1 aromatic rings. The highest BCUT2D eigenvalue weighted by molar-refractivity contribution is 7.80. The lowest BCUT2D eigenvalue weighted by Gasteiger charge is -2.29. The molecule has 0 atom stereocenters. The molecule has 2 N–H and O–H groups in total. The Bertz CT molecular complexity index is 456. The molecule has 0 saturated heterocycles. The number of benzene rings is 1. The van der Waals surface area contributed by atoms with Crippen LogP contribution in [0.15, 0.2) is 24.3 Å². The van der Waals surface area contributed by atoms with Crippen LogP contribution in [-0.4, -0.2) is 17.8 Å². The van der Waals surface area contributed by atoms with E-state index in [4.69, 9.17) is 17.0 Å². The molecule has 1 aliphatic rings. The van der Waals surface area contributed by atoms with Gasteiger partial charge >= 0.3 is 0 Å². The zero-order valence-electron chi connectivity index (χ0n) is 13.0. The quantitative estimate of drug-likeness (QED) is 0.793. The molecule has 0 aliphatic heterocycles. The van der Waals surface area contributed by atoms with E-state index in [0.29, 0.717) is 17.8 Å². The third-order valence-electron chi connectivity index (χ3n) is 4.19. The zero-order valence-corrected chi connectivity index (χ0v) is 13.8. The van der Waals surface area contributed by atoms with Gasteiger partial charge in [0.05, 0.1) is 12.3 Å². The van der Waals surface area contributed by atoms with Gasteiger partial charge in [0.2, 0.25) is 0 Å². The van der Waals surface area contributed by atoms with E-state index in [0.717, 1.165) is 17.4 Å². The molecule has 1 aliphatic carbocycles. The lowest BCUT2D eigenvalue weighted by Crippen LogP contribution is -2.40. The van der Waals surface area contributed by atoms with Crippen molar-refractivity contribution in [2.24, 2.45) is 5.92 Å². The highest BCUT2D eigenvalue weighted by atomic mass is 32.1. The van der Waals surface area contributed by atoms with E-state index < -0.39 is 0 Å². The molecular formula is C17H26N2OS. The molecule has 0 spiro atoms. The van der Waals surface area contributed by atoms with Gasteiger partial charge in [-0.2, -0.15) is 0 Å². The molecule has 2 rings (SSSR count). The van der Waals surface area contributed by atoms with Gasteiger partial charge in [0.25, 0.3) is 0 Å². The number of hydrogen-bond donors (Lipinski definition) is 2. The molecule has 1 saturated carbocycles. The van der Waals surface area contributed by atoms with Gasteiger partial charge in [-0.05, 0) is 62.9 Å². The molecule has 1 fully saturated rings. The Labute approximate surface area is 133 Å². The summed E-state index contributed by atoms with van der Waals surface area (Å²) >= 11 is 5.44. The summed E-state index contributed by atoms with van der Waals surface area (Å²) in [6.07, 6.45) is 6.36. The minimum atomic E-state index is 0.507.